The van der Waals surface area contributed by atoms with Crippen LogP contribution >= 0.6 is 11.6 Å². The van der Waals surface area contributed by atoms with Crippen LogP contribution in [0.3, 0.4) is 0 Å². The minimum absolute atomic E-state index is 0.174. The van der Waals surface area contributed by atoms with Crippen molar-refractivity contribution in [2.24, 2.45) is 0 Å². The molecule has 98 valence electrons. The third-order valence-electron chi connectivity index (χ3n) is 3.12. The molecule has 3 nitrogen and oxygen atoms in total. The van der Waals surface area contributed by atoms with Crippen molar-refractivity contribution in [2.75, 3.05) is 0 Å². The molecule has 0 radical (unpaired) electrons. The highest BCUT2D eigenvalue weighted by Crippen LogP contribution is 2.30. The van der Waals surface area contributed by atoms with E-state index in [1.165, 1.54) is 6.07 Å². The third kappa shape index (κ3) is 2.24. The molecule has 1 N–H and O–H groups in total. The highest BCUT2D eigenvalue weighted by molar-refractivity contribution is 6.33. The number of hydrogen-bond acceptors (Lipinski definition) is 2. The molecular formula is C16H10ClNO2. The molecule has 3 rings (SSSR count). The summed E-state index contributed by atoms with van der Waals surface area (Å²) >= 11 is 6.17. The molecule has 2 aromatic carbocycles. The first-order valence-corrected chi connectivity index (χ1v) is 6.41. The molecule has 0 bridgehead atoms. The molecule has 0 aliphatic rings. The average molecular weight is 284 g/mol. The van der Waals surface area contributed by atoms with Gasteiger partial charge in [0.1, 0.15) is 0 Å². The van der Waals surface area contributed by atoms with Crippen LogP contribution in [-0.4, -0.2) is 16.1 Å². The fraction of sp³-hybridized carbons (Fsp3) is 0. The Kier molecular flexibility index (Phi) is 3.12. The zero-order chi connectivity index (χ0) is 14.1. The van der Waals surface area contributed by atoms with Gasteiger partial charge >= 0.3 is 5.97 Å². The van der Waals surface area contributed by atoms with Gasteiger partial charge in [-0.15, -0.1) is 0 Å². The summed E-state index contributed by atoms with van der Waals surface area (Å²) in [6.45, 7) is 0. The van der Waals surface area contributed by atoms with Crippen LogP contribution in [0.1, 0.15) is 10.4 Å². The monoisotopic (exact) mass is 283 g/mol. The lowest BCUT2D eigenvalue weighted by atomic mass is 10.0. The van der Waals surface area contributed by atoms with Crippen LogP contribution in [0.2, 0.25) is 5.02 Å². The number of halogens is 1. The lowest BCUT2D eigenvalue weighted by molar-refractivity contribution is 0.0697. The van der Waals surface area contributed by atoms with E-state index in [-0.39, 0.29) is 5.56 Å². The van der Waals surface area contributed by atoms with E-state index < -0.39 is 5.97 Å². The number of pyridine rings is 1. The highest BCUT2D eigenvalue weighted by atomic mass is 35.5. The smallest absolute Gasteiger partial charge is 0.335 e. The van der Waals surface area contributed by atoms with Crippen LogP contribution in [0.4, 0.5) is 0 Å². The van der Waals surface area contributed by atoms with Gasteiger partial charge < -0.3 is 5.11 Å². The number of para-hydroxylation sites is 1. The maximum absolute atomic E-state index is 10.9. The van der Waals surface area contributed by atoms with Crippen LogP contribution in [0, 0.1) is 0 Å². The Morgan fingerprint density at radius 1 is 1.10 bits per heavy atom. The standard InChI is InChI=1S/C16H10ClNO2/c17-14-8-11(16(19)20)5-6-13(14)12-7-10-3-1-2-4-15(10)18-9-12/h1-9H,(H,19,20). The predicted octanol–water partition coefficient (Wildman–Crippen LogP) is 4.25. The summed E-state index contributed by atoms with van der Waals surface area (Å²) in [5.74, 6) is -0.991. The number of carboxylic acids is 1. The molecule has 3 aromatic rings. The maximum atomic E-state index is 10.9. The molecular weight excluding hydrogens is 274 g/mol. The zero-order valence-corrected chi connectivity index (χ0v) is 11.1. The van der Waals surface area contributed by atoms with Crippen molar-refractivity contribution in [1.82, 2.24) is 4.98 Å². The van der Waals surface area contributed by atoms with Gasteiger partial charge in [-0.1, -0.05) is 35.9 Å². The number of aromatic carboxylic acids is 1. The lowest BCUT2D eigenvalue weighted by Crippen LogP contribution is -1.96. The molecule has 0 atom stereocenters. The van der Waals surface area contributed by atoms with Crippen molar-refractivity contribution in [1.29, 1.82) is 0 Å². The molecule has 0 amide bonds. The summed E-state index contributed by atoms with van der Waals surface area (Å²) < 4.78 is 0. The van der Waals surface area contributed by atoms with Gasteiger partial charge in [0.2, 0.25) is 0 Å². The van der Waals surface area contributed by atoms with E-state index in [4.69, 9.17) is 16.7 Å². The van der Waals surface area contributed by atoms with Crippen molar-refractivity contribution in [2.45, 2.75) is 0 Å². The van der Waals surface area contributed by atoms with E-state index in [0.29, 0.717) is 5.02 Å². The fourth-order valence-corrected chi connectivity index (χ4v) is 2.39. The van der Waals surface area contributed by atoms with Crippen LogP contribution in [0.5, 0.6) is 0 Å². The first-order chi connectivity index (χ1) is 9.65. The second-order valence-electron chi connectivity index (χ2n) is 4.42. The number of aromatic nitrogens is 1. The average Bonchev–Trinajstić information content (AvgIpc) is 2.46. The van der Waals surface area contributed by atoms with Gasteiger partial charge in [-0.05, 0) is 24.3 Å². The zero-order valence-electron chi connectivity index (χ0n) is 10.4. The van der Waals surface area contributed by atoms with E-state index in [2.05, 4.69) is 4.98 Å². The first-order valence-electron chi connectivity index (χ1n) is 6.03. The summed E-state index contributed by atoms with van der Waals surface area (Å²) in [6, 6.07) is 14.5. The minimum atomic E-state index is -0.991. The molecule has 1 heterocycles. The topological polar surface area (TPSA) is 50.2 Å². The van der Waals surface area contributed by atoms with Crippen LogP contribution in [-0.2, 0) is 0 Å². The third-order valence-corrected chi connectivity index (χ3v) is 3.43. The Morgan fingerprint density at radius 2 is 1.90 bits per heavy atom. The van der Waals surface area contributed by atoms with Gasteiger partial charge in [0, 0.05) is 27.7 Å². The van der Waals surface area contributed by atoms with Crippen molar-refractivity contribution >= 4 is 28.5 Å². The van der Waals surface area contributed by atoms with E-state index in [1.54, 1.807) is 18.3 Å². The fourth-order valence-electron chi connectivity index (χ4n) is 2.10. The first kappa shape index (κ1) is 12.6. The van der Waals surface area contributed by atoms with Gasteiger partial charge in [0.15, 0.2) is 0 Å². The van der Waals surface area contributed by atoms with Gasteiger partial charge in [0.25, 0.3) is 0 Å². The maximum Gasteiger partial charge on any atom is 0.335 e. The normalized spacial score (nSPS) is 10.7. The van der Waals surface area contributed by atoms with Crippen molar-refractivity contribution < 1.29 is 9.90 Å². The summed E-state index contributed by atoms with van der Waals surface area (Å²) in [4.78, 5) is 15.3. The van der Waals surface area contributed by atoms with E-state index in [9.17, 15) is 4.79 Å². The summed E-state index contributed by atoms with van der Waals surface area (Å²) in [7, 11) is 0. The van der Waals surface area contributed by atoms with Crippen molar-refractivity contribution in [3.63, 3.8) is 0 Å². The molecule has 4 heteroatoms. The van der Waals surface area contributed by atoms with Crippen LogP contribution < -0.4 is 0 Å². The molecule has 0 aliphatic carbocycles. The number of carbonyl (C=O) groups is 1. The molecule has 20 heavy (non-hydrogen) atoms. The van der Waals surface area contributed by atoms with E-state index in [1.807, 2.05) is 30.3 Å². The van der Waals surface area contributed by atoms with Gasteiger partial charge in [-0.3, -0.25) is 4.98 Å². The summed E-state index contributed by atoms with van der Waals surface area (Å²) in [5.41, 5.74) is 2.72. The number of rotatable bonds is 2. The predicted molar refractivity (Wildman–Crippen MR) is 79.1 cm³/mol. The molecule has 0 aliphatic heterocycles. The molecule has 0 fully saturated rings. The van der Waals surface area contributed by atoms with Gasteiger partial charge in [0.05, 0.1) is 11.1 Å². The Labute approximate surface area is 120 Å². The number of fused-ring (bicyclic) bond motifs is 1. The van der Waals surface area contributed by atoms with Crippen molar-refractivity contribution in [3.8, 4) is 11.1 Å². The quantitative estimate of drug-likeness (QED) is 0.765. The van der Waals surface area contributed by atoms with Crippen LogP contribution in [0.25, 0.3) is 22.0 Å². The van der Waals surface area contributed by atoms with Crippen molar-refractivity contribution in [3.05, 3.63) is 65.3 Å². The molecule has 0 saturated carbocycles. The Hall–Kier alpha value is -2.39. The highest BCUT2D eigenvalue weighted by Gasteiger charge is 2.09. The second-order valence-corrected chi connectivity index (χ2v) is 4.82. The number of carboxylic acid groups (broad SMARTS) is 1. The molecule has 1 aromatic heterocycles. The summed E-state index contributed by atoms with van der Waals surface area (Å²) in [5, 5.41) is 10.4. The number of benzene rings is 2. The Morgan fingerprint density at radius 3 is 2.65 bits per heavy atom. The molecule has 0 saturated heterocycles. The summed E-state index contributed by atoms with van der Waals surface area (Å²) in [6.07, 6.45) is 1.74. The Bertz CT molecular complexity index is 814. The second kappa shape index (κ2) is 4.94. The lowest BCUT2D eigenvalue weighted by Gasteiger charge is -2.06. The number of nitrogens with zero attached hydrogens (tertiary/aromatic N) is 1. The minimum Gasteiger partial charge on any atom is -0.478 e. The van der Waals surface area contributed by atoms with Crippen LogP contribution in [0.15, 0.2) is 54.7 Å². The SMILES string of the molecule is O=C(O)c1ccc(-c2cnc3ccccc3c2)c(Cl)c1. The van der Waals surface area contributed by atoms with Gasteiger partial charge in [-0.25, -0.2) is 4.79 Å². The van der Waals surface area contributed by atoms with E-state index >= 15 is 0 Å². The Balaban J connectivity index is 2.13. The largest absolute Gasteiger partial charge is 0.478 e. The number of hydrogen-bond donors (Lipinski definition) is 1. The van der Waals surface area contributed by atoms with Gasteiger partial charge in [-0.2, -0.15) is 0 Å². The molecule has 0 unspecified atom stereocenters. The van der Waals surface area contributed by atoms with E-state index in [0.717, 1.165) is 22.0 Å². The molecule has 0 spiro atoms.